The minimum absolute atomic E-state index is 0.0135. The van der Waals surface area contributed by atoms with Crippen molar-refractivity contribution in [1.82, 2.24) is 9.88 Å². The lowest BCUT2D eigenvalue weighted by molar-refractivity contribution is -0.131. The summed E-state index contributed by atoms with van der Waals surface area (Å²) in [5.74, 6) is 1.04. The summed E-state index contributed by atoms with van der Waals surface area (Å²) in [6, 6.07) is 9.19. The van der Waals surface area contributed by atoms with E-state index >= 15 is 0 Å². The maximum absolute atomic E-state index is 12.8. The van der Waals surface area contributed by atoms with Crippen LogP contribution in [0, 0.1) is 6.92 Å². The van der Waals surface area contributed by atoms with Crippen molar-refractivity contribution in [1.29, 1.82) is 0 Å². The molecule has 3 rings (SSSR count). The first-order chi connectivity index (χ1) is 12.4. The topological polar surface area (TPSA) is 80.5 Å². The van der Waals surface area contributed by atoms with Gasteiger partial charge in [0.2, 0.25) is 11.8 Å². The van der Waals surface area contributed by atoms with E-state index in [-0.39, 0.29) is 29.9 Å². The molecule has 2 heterocycles. The van der Waals surface area contributed by atoms with E-state index in [1.54, 1.807) is 17.9 Å². The first kappa shape index (κ1) is 18.4. The Labute approximate surface area is 153 Å². The minimum atomic E-state index is -3.07. The average Bonchev–Trinajstić information content (AvgIpc) is 3.16. The molecule has 0 saturated carbocycles. The van der Waals surface area contributed by atoms with E-state index in [0.29, 0.717) is 30.3 Å². The van der Waals surface area contributed by atoms with Crippen LogP contribution >= 0.6 is 0 Å². The predicted molar refractivity (Wildman–Crippen MR) is 99.3 cm³/mol. The number of rotatable bonds is 6. The fraction of sp³-hybridized carbons (Fsp3) is 0.368. The van der Waals surface area contributed by atoms with Crippen LogP contribution in [0.2, 0.25) is 0 Å². The number of carbonyl (C=O) groups excluding carboxylic acids is 1. The second-order valence-electron chi connectivity index (χ2n) is 6.46. The molecular weight excluding hydrogens is 352 g/mol. The van der Waals surface area contributed by atoms with Gasteiger partial charge in [-0.3, -0.25) is 4.79 Å². The first-order valence-electron chi connectivity index (χ1n) is 8.52. The van der Waals surface area contributed by atoms with Crippen LogP contribution in [0.3, 0.4) is 0 Å². The summed E-state index contributed by atoms with van der Waals surface area (Å²) >= 11 is 0. The van der Waals surface area contributed by atoms with Gasteiger partial charge < -0.3 is 9.32 Å². The number of aromatic nitrogens is 1. The lowest BCUT2D eigenvalue weighted by Gasteiger charge is -2.26. The highest BCUT2D eigenvalue weighted by molar-refractivity contribution is 7.91. The Morgan fingerprint density at radius 1 is 1.38 bits per heavy atom. The van der Waals surface area contributed by atoms with Crippen LogP contribution in [0.15, 0.2) is 47.4 Å². The number of hydrogen-bond acceptors (Lipinski definition) is 5. The molecule has 7 heteroatoms. The zero-order valence-corrected chi connectivity index (χ0v) is 15.5. The summed E-state index contributed by atoms with van der Waals surface area (Å²) in [5, 5.41) is 0. The number of oxazole rings is 1. The lowest BCUT2D eigenvalue weighted by atomic mass is 10.1. The Morgan fingerprint density at radius 3 is 2.73 bits per heavy atom. The van der Waals surface area contributed by atoms with Gasteiger partial charge in [0, 0.05) is 18.2 Å². The van der Waals surface area contributed by atoms with Crippen LogP contribution in [0.5, 0.6) is 0 Å². The molecule has 0 N–H and O–H groups in total. The largest absolute Gasteiger partial charge is 0.441 e. The van der Waals surface area contributed by atoms with E-state index in [1.165, 1.54) is 0 Å². The highest BCUT2D eigenvalue weighted by Crippen LogP contribution is 2.23. The van der Waals surface area contributed by atoms with Crippen molar-refractivity contribution < 1.29 is 17.6 Å². The fourth-order valence-electron chi connectivity index (χ4n) is 3.16. The quantitative estimate of drug-likeness (QED) is 0.725. The number of nitrogens with zero attached hydrogens (tertiary/aromatic N) is 2. The third-order valence-corrected chi connectivity index (χ3v) is 6.28. The van der Waals surface area contributed by atoms with Gasteiger partial charge in [0.1, 0.15) is 5.76 Å². The molecular formula is C19H22N2O4S. The molecule has 0 aliphatic carbocycles. The number of aryl methyl sites for hydroxylation is 1. The Balaban J connectivity index is 1.77. The summed E-state index contributed by atoms with van der Waals surface area (Å²) < 4.78 is 29.2. The molecule has 1 atom stereocenters. The standard InChI is InChI=1S/C19H22N2O4S/c1-3-10-21(16-9-11-26(23,24)13-16)18(22)12-17-14(2)25-19(20-17)15-7-5-4-6-8-15/h3-8,16H,1,9-13H2,2H3. The van der Waals surface area contributed by atoms with Gasteiger partial charge in [-0.05, 0) is 25.5 Å². The number of benzene rings is 1. The Hall–Kier alpha value is -2.41. The Kier molecular flexibility index (Phi) is 5.27. The van der Waals surface area contributed by atoms with Gasteiger partial charge in [-0.25, -0.2) is 13.4 Å². The number of amides is 1. The van der Waals surface area contributed by atoms with Gasteiger partial charge in [0.05, 0.1) is 23.6 Å². The van der Waals surface area contributed by atoms with Gasteiger partial charge >= 0.3 is 0 Å². The molecule has 1 aromatic heterocycles. The van der Waals surface area contributed by atoms with Crippen molar-refractivity contribution in [3.63, 3.8) is 0 Å². The molecule has 2 aromatic rings. The van der Waals surface area contributed by atoms with E-state index in [9.17, 15) is 13.2 Å². The smallest absolute Gasteiger partial charge is 0.229 e. The number of carbonyl (C=O) groups is 1. The molecule has 138 valence electrons. The third kappa shape index (κ3) is 4.04. The molecule has 0 radical (unpaired) electrons. The lowest BCUT2D eigenvalue weighted by Crippen LogP contribution is -2.42. The molecule has 1 aromatic carbocycles. The zero-order valence-electron chi connectivity index (χ0n) is 14.7. The van der Waals surface area contributed by atoms with E-state index in [0.717, 1.165) is 5.56 Å². The average molecular weight is 374 g/mol. The van der Waals surface area contributed by atoms with Crippen LogP contribution in [0.1, 0.15) is 17.9 Å². The third-order valence-electron chi connectivity index (χ3n) is 4.53. The van der Waals surface area contributed by atoms with E-state index in [4.69, 9.17) is 4.42 Å². The maximum atomic E-state index is 12.8. The molecule has 1 aliphatic rings. The summed E-state index contributed by atoms with van der Waals surface area (Å²) in [6.07, 6.45) is 2.16. The Bertz CT molecular complexity index is 903. The SMILES string of the molecule is C=CCN(C(=O)Cc1nc(-c2ccccc2)oc1C)C1CCS(=O)(=O)C1. The summed E-state index contributed by atoms with van der Waals surface area (Å²) in [4.78, 5) is 18.9. The molecule has 1 saturated heterocycles. The fourth-order valence-corrected chi connectivity index (χ4v) is 4.89. The van der Waals surface area contributed by atoms with Crippen molar-refractivity contribution in [3.05, 3.63) is 54.4 Å². The molecule has 1 fully saturated rings. The predicted octanol–water partition coefficient (Wildman–Crippen LogP) is 2.39. The van der Waals surface area contributed by atoms with Crippen LogP contribution < -0.4 is 0 Å². The molecule has 1 amide bonds. The highest BCUT2D eigenvalue weighted by atomic mass is 32.2. The van der Waals surface area contributed by atoms with Gasteiger partial charge in [-0.1, -0.05) is 24.3 Å². The molecule has 1 unspecified atom stereocenters. The van der Waals surface area contributed by atoms with Crippen LogP contribution in [0.4, 0.5) is 0 Å². The van der Waals surface area contributed by atoms with Gasteiger partial charge in [0.25, 0.3) is 0 Å². The normalized spacial score (nSPS) is 18.6. The molecule has 6 nitrogen and oxygen atoms in total. The summed E-state index contributed by atoms with van der Waals surface area (Å²) in [7, 11) is -3.07. The van der Waals surface area contributed by atoms with Gasteiger partial charge in [-0.15, -0.1) is 6.58 Å². The summed E-state index contributed by atoms with van der Waals surface area (Å²) in [5.41, 5.74) is 1.42. The van der Waals surface area contributed by atoms with Crippen molar-refractivity contribution in [2.24, 2.45) is 0 Å². The van der Waals surface area contributed by atoms with Crippen molar-refractivity contribution in [2.45, 2.75) is 25.8 Å². The van der Waals surface area contributed by atoms with Crippen molar-refractivity contribution >= 4 is 15.7 Å². The van der Waals surface area contributed by atoms with E-state index in [1.807, 2.05) is 30.3 Å². The minimum Gasteiger partial charge on any atom is -0.441 e. The monoisotopic (exact) mass is 374 g/mol. The number of hydrogen-bond donors (Lipinski definition) is 0. The molecule has 0 spiro atoms. The van der Waals surface area contributed by atoms with E-state index in [2.05, 4.69) is 11.6 Å². The summed E-state index contributed by atoms with van der Waals surface area (Å²) in [6.45, 7) is 5.78. The highest BCUT2D eigenvalue weighted by Gasteiger charge is 2.34. The van der Waals surface area contributed by atoms with Crippen molar-refractivity contribution in [3.8, 4) is 11.5 Å². The van der Waals surface area contributed by atoms with Crippen LogP contribution in [0.25, 0.3) is 11.5 Å². The maximum Gasteiger partial charge on any atom is 0.229 e. The van der Waals surface area contributed by atoms with E-state index < -0.39 is 9.84 Å². The van der Waals surface area contributed by atoms with Crippen LogP contribution in [-0.4, -0.2) is 48.3 Å². The second-order valence-corrected chi connectivity index (χ2v) is 8.69. The molecule has 0 bridgehead atoms. The molecule has 26 heavy (non-hydrogen) atoms. The zero-order chi connectivity index (χ0) is 18.7. The van der Waals surface area contributed by atoms with Gasteiger partial charge in [0.15, 0.2) is 9.84 Å². The molecule has 1 aliphatic heterocycles. The Morgan fingerprint density at radius 2 is 2.12 bits per heavy atom. The van der Waals surface area contributed by atoms with Gasteiger partial charge in [-0.2, -0.15) is 0 Å². The number of sulfone groups is 1. The second kappa shape index (κ2) is 7.45. The van der Waals surface area contributed by atoms with Crippen molar-refractivity contribution in [2.75, 3.05) is 18.1 Å². The first-order valence-corrected chi connectivity index (χ1v) is 10.3. The van der Waals surface area contributed by atoms with Crippen LogP contribution in [-0.2, 0) is 21.1 Å².